The largest absolute Gasteiger partial charge is 0.497 e. The summed E-state index contributed by atoms with van der Waals surface area (Å²) in [6, 6.07) is 13.0. The number of carbonyl (C=O) groups is 1. The Labute approximate surface area is 169 Å². The van der Waals surface area contributed by atoms with Gasteiger partial charge in [0.1, 0.15) is 11.5 Å². The van der Waals surface area contributed by atoms with Crippen LogP contribution in [0.15, 0.2) is 42.5 Å². The molecule has 1 amide bonds. The van der Waals surface area contributed by atoms with Gasteiger partial charge in [-0.2, -0.15) is 0 Å². The number of rotatable bonds is 6. The molecule has 7 heteroatoms. The number of halogens is 2. The molecule has 5 nitrogen and oxygen atoms in total. The first-order valence-corrected chi connectivity index (χ1v) is 9.51. The fourth-order valence-electron chi connectivity index (χ4n) is 2.96. The Kier molecular flexibility index (Phi) is 6.83. The lowest BCUT2D eigenvalue weighted by Crippen LogP contribution is -2.49. The highest BCUT2D eigenvalue weighted by molar-refractivity contribution is 6.32. The van der Waals surface area contributed by atoms with Crippen LogP contribution in [0.5, 0.6) is 11.5 Å². The highest BCUT2D eigenvalue weighted by atomic mass is 35.5. The van der Waals surface area contributed by atoms with Crippen molar-refractivity contribution < 1.29 is 14.3 Å². The smallest absolute Gasteiger partial charge is 0.260 e. The summed E-state index contributed by atoms with van der Waals surface area (Å²) in [7, 11) is 1.57. The monoisotopic (exact) mass is 408 g/mol. The van der Waals surface area contributed by atoms with Gasteiger partial charge >= 0.3 is 0 Å². The minimum Gasteiger partial charge on any atom is -0.497 e. The minimum atomic E-state index is -0.0342. The lowest BCUT2D eigenvalue weighted by atomic mass is 10.2. The van der Waals surface area contributed by atoms with E-state index in [1.165, 1.54) is 5.56 Å². The van der Waals surface area contributed by atoms with Crippen molar-refractivity contribution in [1.82, 2.24) is 9.80 Å². The Balaban J connectivity index is 1.45. The molecular formula is C20H22Cl2N2O3. The van der Waals surface area contributed by atoms with E-state index in [0.29, 0.717) is 29.6 Å². The molecule has 1 aliphatic heterocycles. The van der Waals surface area contributed by atoms with Gasteiger partial charge in [-0.05, 0) is 29.8 Å². The van der Waals surface area contributed by atoms with Gasteiger partial charge < -0.3 is 14.4 Å². The second-order valence-electron chi connectivity index (χ2n) is 6.37. The number of hydrogen-bond donors (Lipinski definition) is 0. The van der Waals surface area contributed by atoms with Crippen LogP contribution in [0.1, 0.15) is 5.56 Å². The van der Waals surface area contributed by atoms with Crippen molar-refractivity contribution >= 4 is 29.1 Å². The highest BCUT2D eigenvalue weighted by Crippen LogP contribution is 2.28. The van der Waals surface area contributed by atoms with Crippen LogP contribution in [0.4, 0.5) is 0 Å². The van der Waals surface area contributed by atoms with Gasteiger partial charge in [0.15, 0.2) is 6.61 Å². The third kappa shape index (κ3) is 5.51. The number of benzene rings is 2. The quantitative estimate of drug-likeness (QED) is 0.730. The maximum atomic E-state index is 12.4. The fourth-order valence-corrected chi connectivity index (χ4v) is 3.31. The molecule has 0 N–H and O–H groups in total. The topological polar surface area (TPSA) is 42.0 Å². The Morgan fingerprint density at radius 2 is 1.74 bits per heavy atom. The number of methoxy groups -OCH3 is 1. The predicted octanol–water partition coefficient (Wildman–Crippen LogP) is 3.73. The molecular weight excluding hydrogens is 387 g/mol. The molecule has 0 aromatic heterocycles. The van der Waals surface area contributed by atoms with Crippen molar-refractivity contribution in [3.63, 3.8) is 0 Å². The van der Waals surface area contributed by atoms with E-state index < -0.39 is 0 Å². The molecule has 2 aromatic rings. The van der Waals surface area contributed by atoms with E-state index in [2.05, 4.69) is 4.90 Å². The van der Waals surface area contributed by atoms with Crippen molar-refractivity contribution in [2.45, 2.75) is 6.54 Å². The van der Waals surface area contributed by atoms with E-state index in [1.807, 2.05) is 29.2 Å². The highest BCUT2D eigenvalue weighted by Gasteiger charge is 2.21. The molecule has 1 saturated heterocycles. The van der Waals surface area contributed by atoms with Gasteiger partial charge in [-0.15, -0.1) is 0 Å². The third-order valence-electron chi connectivity index (χ3n) is 4.53. The molecule has 0 unspecified atom stereocenters. The van der Waals surface area contributed by atoms with Gasteiger partial charge in [0.05, 0.1) is 12.1 Å². The second-order valence-corrected chi connectivity index (χ2v) is 7.21. The average Bonchev–Trinajstić information content (AvgIpc) is 2.69. The van der Waals surface area contributed by atoms with Crippen LogP contribution in [-0.2, 0) is 11.3 Å². The van der Waals surface area contributed by atoms with Gasteiger partial charge in [-0.25, -0.2) is 0 Å². The molecule has 0 radical (unpaired) electrons. The molecule has 1 heterocycles. The first kappa shape index (κ1) is 19.8. The molecule has 1 fully saturated rings. The number of hydrogen-bond acceptors (Lipinski definition) is 4. The maximum absolute atomic E-state index is 12.4. The lowest BCUT2D eigenvalue weighted by Gasteiger charge is -2.34. The summed E-state index contributed by atoms with van der Waals surface area (Å²) in [4.78, 5) is 16.6. The summed E-state index contributed by atoms with van der Waals surface area (Å²) in [5, 5.41) is 1.17. The standard InChI is InChI=1S/C20H22Cl2N2O3/c1-26-17-6-7-19(18(22)12-17)27-14-20(25)24-10-8-23(9-11-24)13-15-2-4-16(21)5-3-15/h2-7,12H,8-11,13-14H2,1H3. The van der Waals surface area contributed by atoms with E-state index in [1.54, 1.807) is 25.3 Å². The molecule has 27 heavy (non-hydrogen) atoms. The third-order valence-corrected chi connectivity index (χ3v) is 5.08. The second kappa shape index (κ2) is 9.31. The first-order chi connectivity index (χ1) is 13.0. The van der Waals surface area contributed by atoms with E-state index in [-0.39, 0.29) is 12.5 Å². The lowest BCUT2D eigenvalue weighted by molar-refractivity contribution is -0.135. The van der Waals surface area contributed by atoms with E-state index in [0.717, 1.165) is 24.7 Å². The predicted molar refractivity (Wildman–Crippen MR) is 107 cm³/mol. The van der Waals surface area contributed by atoms with Crippen molar-refractivity contribution in [1.29, 1.82) is 0 Å². The molecule has 0 bridgehead atoms. The normalized spacial score (nSPS) is 14.9. The average molecular weight is 409 g/mol. The molecule has 0 atom stereocenters. The van der Waals surface area contributed by atoms with Gasteiger partial charge in [-0.1, -0.05) is 35.3 Å². The number of piperazine rings is 1. The van der Waals surface area contributed by atoms with Crippen LogP contribution < -0.4 is 9.47 Å². The van der Waals surface area contributed by atoms with Crippen molar-refractivity contribution in [3.8, 4) is 11.5 Å². The zero-order valence-corrected chi connectivity index (χ0v) is 16.7. The summed E-state index contributed by atoms with van der Waals surface area (Å²) in [6.45, 7) is 3.87. The van der Waals surface area contributed by atoms with Gasteiger partial charge in [0.25, 0.3) is 5.91 Å². The maximum Gasteiger partial charge on any atom is 0.260 e. The van der Waals surface area contributed by atoms with Crippen LogP contribution in [-0.4, -0.2) is 55.6 Å². The summed E-state index contributed by atoms with van der Waals surface area (Å²) in [6.07, 6.45) is 0. The summed E-state index contributed by atoms with van der Waals surface area (Å²) in [5.74, 6) is 1.09. The molecule has 2 aromatic carbocycles. The number of carbonyl (C=O) groups excluding carboxylic acids is 1. The first-order valence-electron chi connectivity index (χ1n) is 8.76. The summed E-state index contributed by atoms with van der Waals surface area (Å²) in [5.41, 5.74) is 1.22. The Bertz CT molecular complexity index is 775. The Morgan fingerprint density at radius 3 is 2.37 bits per heavy atom. The van der Waals surface area contributed by atoms with Crippen molar-refractivity contribution in [2.75, 3.05) is 39.9 Å². The molecule has 1 aliphatic rings. The molecule has 144 valence electrons. The molecule has 0 spiro atoms. The van der Waals surface area contributed by atoms with Gasteiger partial charge in [0.2, 0.25) is 0 Å². The van der Waals surface area contributed by atoms with Crippen molar-refractivity contribution in [3.05, 3.63) is 58.1 Å². The minimum absolute atomic E-state index is 0.0246. The van der Waals surface area contributed by atoms with Crippen LogP contribution >= 0.6 is 23.2 Å². The zero-order chi connectivity index (χ0) is 19.2. The van der Waals surface area contributed by atoms with E-state index >= 15 is 0 Å². The van der Waals surface area contributed by atoms with Crippen LogP contribution in [0.25, 0.3) is 0 Å². The van der Waals surface area contributed by atoms with Gasteiger partial charge in [0, 0.05) is 43.8 Å². The number of nitrogens with zero attached hydrogens (tertiary/aromatic N) is 2. The van der Waals surface area contributed by atoms with Gasteiger partial charge in [-0.3, -0.25) is 9.69 Å². The summed E-state index contributed by atoms with van der Waals surface area (Å²) >= 11 is 12.1. The zero-order valence-electron chi connectivity index (χ0n) is 15.2. The van der Waals surface area contributed by atoms with Crippen LogP contribution in [0.2, 0.25) is 10.0 Å². The molecule has 0 aliphatic carbocycles. The SMILES string of the molecule is COc1ccc(OCC(=O)N2CCN(Cc3ccc(Cl)cc3)CC2)c(Cl)c1. The Hall–Kier alpha value is -1.95. The number of amides is 1. The molecule has 0 saturated carbocycles. The van der Waals surface area contributed by atoms with Crippen LogP contribution in [0.3, 0.4) is 0 Å². The fraction of sp³-hybridized carbons (Fsp3) is 0.350. The Morgan fingerprint density at radius 1 is 1.04 bits per heavy atom. The van der Waals surface area contributed by atoms with E-state index in [4.69, 9.17) is 32.7 Å². The van der Waals surface area contributed by atoms with E-state index in [9.17, 15) is 4.79 Å². The number of ether oxygens (including phenoxy) is 2. The molecule has 3 rings (SSSR count). The summed E-state index contributed by atoms with van der Waals surface area (Å²) < 4.78 is 10.7. The van der Waals surface area contributed by atoms with Crippen molar-refractivity contribution in [2.24, 2.45) is 0 Å². The van der Waals surface area contributed by atoms with Crippen LogP contribution in [0, 0.1) is 0 Å².